The Balaban J connectivity index is 1.46. The van der Waals surface area contributed by atoms with E-state index in [1.165, 1.54) is 63.8 Å². The summed E-state index contributed by atoms with van der Waals surface area (Å²) in [6, 6.07) is 13.0. The van der Waals surface area contributed by atoms with Crippen LogP contribution in [0, 0.1) is 0 Å². The smallest absolute Gasteiger partial charge is 0.0234 e. The third kappa shape index (κ3) is 5.30. The van der Waals surface area contributed by atoms with Crippen molar-refractivity contribution in [3.8, 4) is 0 Å². The standard InChI is InChI=1S/C21H35N3/c1-18(2)24-14-7-10-20(12-15-24)22-21-11-6-13-23(17-21)16-19-8-4-3-5-9-19/h3-5,8-9,18,20-22H,6-7,10-17H2,1-2H3. The van der Waals surface area contributed by atoms with Gasteiger partial charge in [-0.05, 0) is 71.1 Å². The van der Waals surface area contributed by atoms with Gasteiger partial charge in [-0.25, -0.2) is 0 Å². The molecule has 0 bridgehead atoms. The normalized spacial score (nSPS) is 27.3. The Morgan fingerprint density at radius 2 is 1.71 bits per heavy atom. The Labute approximate surface area is 148 Å². The van der Waals surface area contributed by atoms with Crippen molar-refractivity contribution in [1.29, 1.82) is 0 Å². The highest BCUT2D eigenvalue weighted by molar-refractivity contribution is 5.14. The highest BCUT2D eigenvalue weighted by Crippen LogP contribution is 2.18. The fourth-order valence-corrected chi connectivity index (χ4v) is 4.31. The highest BCUT2D eigenvalue weighted by atomic mass is 15.2. The van der Waals surface area contributed by atoms with Crippen molar-refractivity contribution >= 4 is 0 Å². The van der Waals surface area contributed by atoms with Crippen LogP contribution in [0.1, 0.15) is 51.5 Å². The molecule has 2 saturated heterocycles. The molecule has 2 heterocycles. The Hall–Kier alpha value is -0.900. The Kier molecular flexibility index (Phi) is 6.70. The van der Waals surface area contributed by atoms with E-state index in [1.54, 1.807) is 0 Å². The second-order valence-corrected chi connectivity index (χ2v) is 7.98. The largest absolute Gasteiger partial charge is 0.310 e. The first kappa shape index (κ1) is 17.9. The first-order chi connectivity index (χ1) is 11.7. The van der Waals surface area contributed by atoms with E-state index in [0.29, 0.717) is 12.1 Å². The van der Waals surface area contributed by atoms with E-state index in [4.69, 9.17) is 0 Å². The molecule has 0 aliphatic carbocycles. The maximum Gasteiger partial charge on any atom is 0.0234 e. The average molecular weight is 330 g/mol. The molecule has 2 aliphatic rings. The maximum atomic E-state index is 4.00. The number of piperidine rings is 1. The molecule has 134 valence electrons. The molecule has 2 fully saturated rings. The number of hydrogen-bond acceptors (Lipinski definition) is 3. The molecule has 2 aliphatic heterocycles. The van der Waals surface area contributed by atoms with Crippen LogP contribution < -0.4 is 5.32 Å². The molecule has 0 aromatic heterocycles. The van der Waals surface area contributed by atoms with Crippen molar-refractivity contribution in [3.63, 3.8) is 0 Å². The molecule has 0 radical (unpaired) electrons. The molecule has 3 nitrogen and oxygen atoms in total. The molecule has 2 unspecified atom stereocenters. The fourth-order valence-electron chi connectivity index (χ4n) is 4.31. The minimum Gasteiger partial charge on any atom is -0.310 e. The first-order valence-corrected chi connectivity index (χ1v) is 9.97. The van der Waals surface area contributed by atoms with Gasteiger partial charge in [0.05, 0.1) is 0 Å². The van der Waals surface area contributed by atoms with Gasteiger partial charge in [0, 0.05) is 31.2 Å². The van der Waals surface area contributed by atoms with Crippen LogP contribution in [0.25, 0.3) is 0 Å². The predicted octanol–water partition coefficient (Wildman–Crippen LogP) is 3.50. The third-order valence-corrected chi connectivity index (χ3v) is 5.72. The predicted molar refractivity (Wildman–Crippen MR) is 102 cm³/mol. The van der Waals surface area contributed by atoms with Crippen LogP contribution in [0.5, 0.6) is 0 Å². The van der Waals surface area contributed by atoms with Crippen molar-refractivity contribution < 1.29 is 0 Å². The van der Waals surface area contributed by atoms with E-state index in [1.807, 2.05) is 0 Å². The summed E-state index contributed by atoms with van der Waals surface area (Å²) in [6.07, 6.45) is 6.67. The zero-order chi connectivity index (χ0) is 16.8. The summed E-state index contributed by atoms with van der Waals surface area (Å²) in [7, 11) is 0. The van der Waals surface area contributed by atoms with Crippen LogP contribution in [0.2, 0.25) is 0 Å². The Bertz CT molecular complexity index is 473. The molecule has 24 heavy (non-hydrogen) atoms. The summed E-state index contributed by atoms with van der Waals surface area (Å²) in [6.45, 7) is 10.8. The van der Waals surface area contributed by atoms with Crippen molar-refractivity contribution in [1.82, 2.24) is 15.1 Å². The lowest BCUT2D eigenvalue weighted by molar-refractivity contribution is 0.172. The lowest BCUT2D eigenvalue weighted by Gasteiger charge is -2.35. The second-order valence-electron chi connectivity index (χ2n) is 7.98. The van der Waals surface area contributed by atoms with E-state index < -0.39 is 0 Å². The summed E-state index contributed by atoms with van der Waals surface area (Å²) in [5.41, 5.74) is 1.44. The molecule has 0 spiro atoms. The summed E-state index contributed by atoms with van der Waals surface area (Å²) >= 11 is 0. The van der Waals surface area contributed by atoms with E-state index in [0.717, 1.165) is 12.6 Å². The molecular weight excluding hydrogens is 294 g/mol. The van der Waals surface area contributed by atoms with Crippen LogP contribution in [-0.4, -0.2) is 54.1 Å². The van der Waals surface area contributed by atoms with Crippen molar-refractivity contribution in [2.45, 2.75) is 70.6 Å². The molecule has 3 heteroatoms. The zero-order valence-electron chi connectivity index (χ0n) is 15.6. The van der Waals surface area contributed by atoms with Crippen LogP contribution in [0.15, 0.2) is 30.3 Å². The van der Waals surface area contributed by atoms with E-state index in [2.05, 4.69) is 59.3 Å². The van der Waals surface area contributed by atoms with E-state index in [9.17, 15) is 0 Å². The quantitative estimate of drug-likeness (QED) is 0.892. The van der Waals surface area contributed by atoms with Gasteiger partial charge < -0.3 is 10.2 Å². The lowest BCUT2D eigenvalue weighted by atomic mass is 10.0. The maximum absolute atomic E-state index is 4.00. The minimum absolute atomic E-state index is 0.679. The molecule has 0 amide bonds. The van der Waals surface area contributed by atoms with Gasteiger partial charge in [0.15, 0.2) is 0 Å². The Morgan fingerprint density at radius 3 is 2.50 bits per heavy atom. The molecule has 2 atom stereocenters. The topological polar surface area (TPSA) is 18.5 Å². The molecule has 3 rings (SSSR count). The van der Waals surface area contributed by atoms with Gasteiger partial charge in [0.1, 0.15) is 0 Å². The van der Waals surface area contributed by atoms with Crippen LogP contribution >= 0.6 is 0 Å². The van der Waals surface area contributed by atoms with Gasteiger partial charge in [-0.2, -0.15) is 0 Å². The highest BCUT2D eigenvalue weighted by Gasteiger charge is 2.24. The summed E-state index contributed by atoms with van der Waals surface area (Å²) < 4.78 is 0. The number of likely N-dealkylation sites (tertiary alicyclic amines) is 2. The minimum atomic E-state index is 0.679. The monoisotopic (exact) mass is 329 g/mol. The molecule has 1 N–H and O–H groups in total. The van der Waals surface area contributed by atoms with Gasteiger partial charge in [-0.1, -0.05) is 30.3 Å². The molecule has 1 aromatic carbocycles. The summed E-state index contributed by atoms with van der Waals surface area (Å²) in [5.74, 6) is 0. The number of nitrogens with zero attached hydrogens (tertiary/aromatic N) is 2. The second kappa shape index (κ2) is 8.98. The van der Waals surface area contributed by atoms with Gasteiger partial charge in [0.2, 0.25) is 0 Å². The zero-order valence-corrected chi connectivity index (χ0v) is 15.6. The van der Waals surface area contributed by atoms with Crippen molar-refractivity contribution in [2.75, 3.05) is 26.2 Å². The van der Waals surface area contributed by atoms with Crippen LogP contribution in [0.3, 0.4) is 0 Å². The average Bonchev–Trinajstić information content (AvgIpc) is 2.82. The van der Waals surface area contributed by atoms with Gasteiger partial charge in [-0.15, -0.1) is 0 Å². The number of rotatable bonds is 5. The SMILES string of the molecule is CC(C)N1CCCC(NC2CCCN(Cc3ccccc3)C2)CC1. The van der Waals surface area contributed by atoms with Gasteiger partial charge in [0.25, 0.3) is 0 Å². The third-order valence-electron chi connectivity index (χ3n) is 5.72. The molecule has 0 saturated carbocycles. The number of benzene rings is 1. The number of hydrogen-bond donors (Lipinski definition) is 1. The first-order valence-electron chi connectivity index (χ1n) is 9.97. The van der Waals surface area contributed by atoms with Crippen LogP contribution in [-0.2, 0) is 6.54 Å². The molecule has 1 aromatic rings. The Morgan fingerprint density at radius 1 is 0.958 bits per heavy atom. The molecular formula is C21H35N3. The van der Waals surface area contributed by atoms with Gasteiger partial charge >= 0.3 is 0 Å². The van der Waals surface area contributed by atoms with E-state index >= 15 is 0 Å². The summed E-state index contributed by atoms with van der Waals surface area (Å²) in [5, 5.41) is 4.00. The summed E-state index contributed by atoms with van der Waals surface area (Å²) in [4.78, 5) is 5.28. The lowest BCUT2D eigenvalue weighted by Crippen LogP contribution is -2.49. The number of nitrogens with one attached hydrogen (secondary N) is 1. The van der Waals surface area contributed by atoms with E-state index in [-0.39, 0.29) is 0 Å². The van der Waals surface area contributed by atoms with Crippen molar-refractivity contribution in [2.24, 2.45) is 0 Å². The fraction of sp³-hybridized carbons (Fsp3) is 0.714. The van der Waals surface area contributed by atoms with Crippen LogP contribution in [0.4, 0.5) is 0 Å². The van der Waals surface area contributed by atoms with Crippen molar-refractivity contribution in [3.05, 3.63) is 35.9 Å². The van der Waals surface area contributed by atoms with Gasteiger partial charge in [-0.3, -0.25) is 4.90 Å².